The van der Waals surface area contributed by atoms with Crippen LogP contribution in [-0.2, 0) is 9.47 Å². The largest absolute Gasteiger partial charge is 0.495 e. The number of rotatable bonds is 3. The minimum atomic E-state index is -0.538. The third-order valence-corrected chi connectivity index (χ3v) is 8.31. The van der Waals surface area contributed by atoms with E-state index >= 15 is 0 Å². The molecule has 0 saturated heterocycles. The van der Waals surface area contributed by atoms with Crippen molar-refractivity contribution in [3.63, 3.8) is 0 Å². The van der Waals surface area contributed by atoms with Crippen LogP contribution in [0.5, 0.6) is 11.5 Å². The normalized spacial score (nSPS) is 25.9. The Balaban J connectivity index is 1.54. The smallest absolute Gasteiger partial charge is 0.196 e. The summed E-state index contributed by atoms with van der Waals surface area (Å²) in [6, 6.07) is 6.62. The lowest BCUT2D eigenvalue weighted by Crippen LogP contribution is -2.36. The molecule has 0 aromatic heterocycles. The average Bonchev–Trinajstić information content (AvgIpc) is 2.92. The maximum atomic E-state index is 13.9. The van der Waals surface area contributed by atoms with Gasteiger partial charge in [0.15, 0.2) is 23.1 Å². The van der Waals surface area contributed by atoms with Gasteiger partial charge in [-0.25, -0.2) is 0 Å². The molecule has 0 N–H and O–H groups in total. The fourth-order valence-electron chi connectivity index (χ4n) is 6.73. The Morgan fingerprint density at radius 3 is 1.27 bits per heavy atom. The molecule has 0 bridgehead atoms. The van der Waals surface area contributed by atoms with Gasteiger partial charge in [-0.3, -0.25) is 19.2 Å². The van der Waals surface area contributed by atoms with Crippen LogP contribution in [0.3, 0.4) is 0 Å². The summed E-state index contributed by atoms with van der Waals surface area (Å²) < 4.78 is 23.3. The second-order valence-corrected chi connectivity index (χ2v) is 10.8. The molecular formula is C32H30O8. The summed E-state index contributed by atoms with van der Waals surface area (Å²) in [5, 5.41) is 0. The van der Waals surface area contributed by atoms with E-state index in [0.717, 1.165) is 0 Å². The fourth-order valence-corrected chi connectivity index (χ4v) is 6.73. The molecule has 0 fully saturated rings. The third-order valence-electron chi connectivity index (χ3n) is 8.31. The van der Waals surface area contributed by atoms with Crippen molar-refractivity contribution in [1.29, 1.82) is 0 Å². The molecule has 0 spiro atoms. The Labute approximate surface area is 231 Å². The van der Waals surface area contributed by atoms with Crippen molar-refractivity contribution >= 4 is 23.1 Å². The van der Waals surface area contributed by atoms with Crippen molar-refractivity contribution in [1.82, 2.24) is 0 Å². The van der Waals surface area contributed by atoms with Crippen molar-refractivity contribution in [2.24, 2.45) is 0 Å². The summed E-state index contributed by atoms with van der Waals surface area (Å²) in [6.45, 7) is 7.30. The second kappa shape index (κ2) is 9.35. The lowest BCUT2D eigenvalue weighted by Gasteiger charge is -2.34. The highest BCUT2D eigenvalue weighted by molar-refractivity contribution is 6.30. The molecule has 0 unspecified atom stereocenters. The molecule has 40 heavy (non-hydrogen) atoms. The van der Waals surface area contributed by atoms with Gasteiger partial charge in [0.05, 0.1) is 49.8 Å². The maximum absolute atomic E-state index is 13.9. The van der Waals surface area contributed by atoms with Crippen molar-refractivity contribution in [3.8, 4) is 22.6 Å². The predicted molar refractivity (Wildman–Crippen MR) is 146 cm³/mol. The number of carbonyl (C=O) groups is 4. The summed E-state index contributed by atoms with van der Waals surface area (Å²) in [6.07, 6.45) is -0.705. The lowest BCUT2D eigenvalue weighted by atomic mass is 9.76. The highest BCUT2D eigenvalue weighted by Crippen LogP contribution is 2.48. The van der Waals surface area contributed by atoms with Crippen LogP contribution in [0.15, 0.2) is 46.6 Å². The Bertz CT molecular complexity index is 1490. The van der Waals surface area contributed by atoms with Gasteiger partial charge in [-0.1, -0.05) is 0 Å². The number of ether oxygens (including phenoxy) is 4. The molecule has 4 aliphatic rings. The van der Waals surface area contributed by atoms with Gasteiger partial charge in [0.25, 0.3) is 0 Å². The molecule has 8 nitrogen and oxygen atoms in total. The summed E-state index contributed by atoms with van der Waals surface area (Å²) in [7, 11) is 2.87. The monoisotopic (exact) mass is 542 g/mol. The molecule has 2 aliphatic heterocycles. The molecule has 0 radical (unpaired) electrons. The first-order valence-corrected chi connectivity index (χ1v) is 13.5. The zero-order chi connectivity index (χ0) is 28.6. The van der Waals surface area contributed by atoms with E-state index in [0.29, 0.717) is 46.3 Å². The van der Waals surface area contributed by atoms with E-state index in [1.54, 1.807) is 38.1 Å². The molecule has 2 aromatic rings. The Hall–Kier alpha value is -3.88. The van der Waals surface area contributed by atoms with Gasteiger partial charge in [-0.15, -0.1) is 0 Å². The predicted octanol–water partition coefficient (Wildman–Crippen LogP) is 5.12. The summed E-state index contributed by atoms with van der Waals surface area (Å²) >= 11 is 0. The van der Waals surface area contributed by atoms with E-state index in [-0.39, 0.29) is 69.1 Å². The second-order valence-electron chi connectivity index (χ2n) is 10.8. The number of hydrogen-bond donors (Lipinski definition) is 0. The molecule has 2 aliphatic carbocycles. The highest BCUT2D eigenvalue weighted by atomic mass is 16.5. The number of methoxy groups -OCH3 is 2. The highest BCUT2D eigenvalue weighted by Gasteiger charge is 2.43. The molecule has 2 aromatic carbocycles. The van der Waals surface area contributed by atoms with Crippen molar-refractivity contribution in [2.45, 2.75) is 65.0 Å². The van der Waals surface area contributed by atoms with Gasteiger partial charge in [-0.05, 0) is 52.0 Å². The van der Waals surface area contributed by atoms with E-state index in [1.165, 1.54) is 14.2 Å². The van der Waals surface area contributed by atoms with Crippen LogP contribution in [0.4, 0.5) is 0 Å². The fraction of sp³-hybridized carbons (Fsp3) is 0.375. The van der Waals surface area contributed by atoms with Gasteiger partial charge < -0.3 is 18.9 Å². The molecule has 0 saturated carbocycles. The number of hydrogen-bond acceptors (Lipinski definition) is 8. The summed E-state index contributed by atoms with van der Waals surface area (Å²) in [4.78, 5) is 54.8. The quantitative estimate of drug-likeness (QED) is 0.527. The molecule has 8 heteroatoms. The zero-order valence-electron chi connectivity index (χ0n) is 23.3. The molecule has 206 valence electrons. The topological polar surface area (TPSA) is 105 Å². The average molecular weight is 543 g/mol. The lowest BCUT2D eigenvalue weighted by molar-refractivity contribution is 0.0145. The molecule has 4 atom stereocenters. The summed E-state index contributed by atoms with van der Waals surface area (Å²) in [5.41, 5.74) is 3.45. The van der Waals surface area contributed by atoms with Crippen LogP contribution in [0.25, 0.3) is 11.1 Å². The van der Waals surface area contributed by atoms with Crippen LogP contribution in [0.1, 0.15) is 82.0 Å². The third kappa shape index (κ3) is 3.59. The minimum Gasteiger partial charge on any atom is -0.495 e. The van der Waals surface area contributed by atoms with Crippen molar-refractivity contribution in [3.05, 3.63) is 68.8 Å². The zero-order valence-corrected chi connectivity index (χ0v) is 23.3. The molecule has 2 heterocycles. The molecular weight excluding hydrogens is 512 g/mol. The minimum absolute atomic E-state index is 0.157. The standard InChI is InChI=1S/C32H30O8/c1-13-11-21-23(15(3)39-13)29(35)25-19(27(21)33)9-7-17(31(25)37-5)18-8-10-20-26(32(18)38-6)30(36)24-16(4)40-14(2)12-22(24)28(20)34/h7-10,13-16H,11-12H2,1-6H3/t13-,14-,15+,16+/m0/s1. The SMILES string of the molecule is COc1c(-c2ccc3c(c2OC)C(=O)C2=C(C[C@H](C)O[C@@H]2C)C3=O)ccc2c1C(=O)C1=C(C[C@H](C)O[C@@H]1C)C2=O. The van der Waals surface area contributed by atoms with E-state index < -0.39 is 12.2 Å². The van der Waals surface area contributed by atoms with E-state index in [9.17, 15) is 19.2 Å². The van der Waals surface area contributed by atoms with Gasteiger partial charge in [0.2, 0.25) is 0 Å². The summed E-state index contributed by atoms with van der Waals surface area (Å²) in [5.74, 6) is -0.663. The Kier molecular flexibility index (Phi) is 6.16. The van der Waals surface area contributed by atoms with Gasteiger partial charge >= 0.3 is 0 Å². The first-order chi connectivity index (χ1) is 19.1. The van der Waals surface area contributed by atoms with Crippen LogP contribution in [0.2, 0.25) is 0 Å². The molecule has 0 amide bonds. The van der Waals surface area contributed by atoms with E-state index in [2.05, 4.69) is 0 Å². The van der Waals surface area contributed by atoms with Gasteiger partial charge in [0, 0.05) is 57.4 Å². The van der Waals surface area contributed by atoms with Crippen molar-refractivity contribution < 1.29 is 38.1 Å². The number of Topliss-reactive ketones (excluding diaryl/α,β-unsaturated/α-hetero) is 4. The van der Waals surface area contributed by atoms with Gasteiger partial charge in [-0.2, -0.15) is 0 Å². The van der Waals surface area contributed by atoms with E-state index in [4.69, 9.17) is 18.9 Å². The first-order valence-electron chi connectivity index (χ1n) is 13.5. The van der Waals surface area contributed by atoms with Crippen LogP contribution < -0.4 is 9.47 Å². The van der Waals surface area contributed by atoms with E-state index in [1.807, 2.05) is 13.8 Å². The number of carbonyl (C=O) groups excluding carboxylic acids is 4. The number of ketones is 4. The van der Waals surface area contributed by atoms with Gasteiger partial charge in [0.1, 0.15) is 11.5 Å². The van der Waals surface area contributed by atoms with Crippen LogP contribution in [-0.4, -0.2) is 61.8 Å². The maximum Gasteiger partial charge on any atom is 0.196 e. The van der Waals surface area contributed by atoms with Crippen LogP contribution in [0, 0.1) is 0 Å². The van der Waals surface area contributed by atoms with Crippen LogP contribution >= 0.6 is 0 Å². The number of benzene rings is 2. The van der Waals surface area contributed by atoms with Crippen molar-refractivity contribution in [2.75, 3.05) is 14.2 Å². The number of fused-ring (bicyclic) bond motifs is 2. The Morgan fingerprint density at radius 2 is 0.925 bits per heavy atom. The first kappa shape index (κ1) is 26.3. The molecule has 6 rings (SSSR count). The Morgan fingerprint density at radius 1 is 0.575 bits per heavy atom.